The summed E-state index contributed by atoms with van der Waals surface area (Å²) >= 11 is 0. The SMILES string of the molecule is CCOc1ccc(/C=C2\C(=O)N(C(C)C)C(C)=C2C(=O)OC)cc1OC. The van der Waals surface area contributed by atoms with E-state index in [0.717, 1.165) is 5.56 Å². The van der Waals surface area contributed by atoms with E-state index in [4.69, 9.17) is 14.2 Å². The summed E-state index contributed by atoms with van der Waals surface area (Å²) in [6.45, 7) is 7.97. The molecule has 0 aromatic heterocycles. The van der Waals surface area contributed by atoms with Crippen molar-refractivity contribution >= 4 is 18.0 Å². The van der Waals surface area contributed by atoms with Crippen LogP contribution in [0.5, 0.6) is 11.5 Å². The predicted octanol–water partition coefficient (Wildman–Crippen LogP) is 3.17. The maximum absolute atomic E-state index is 12.9. The summed E-state index contributed by atoms with van der Waals surface area (Å²) in [5, 5.41) is 0. The van der Waals surface area contributed by atoms with Crippen LogP contribution in [0.4, 0.5) is 0 Å². The van der Waals surface area contributed by atoms with Gasteiger partial charge in [-0.05, 0) is 51.5 Å². The number of amides is 1. The molecule has 0 atom stereocenters. The molecule has 1 aliphatic rings. The lowest BCUT2D eigenvalue weighted by molar-refractivity contribution is -0.136. The number of allylic oxidation sites excluding steroid dienone is 1. The average Bonchev–Trinajstić information content (AvgIpc) is 2.85. The molecule has 1 heterocycles. The van der Waals surface area contributed by atoms with E-state index in [1.54, 1.807) is 37.1 Å². The summed E-state index contributed by atoms with van der Waals surface area (Å²) in [5.41, 5.74) is 1.93. The molecule has 1 aliphatic heterocycles. The highest BCUT2D eigenvalue weighted by atomic mass is 16.5. The lowest BCUT2D eigenvalue weighted by Gasteiger charge is -2.22. The zero-order valence-corrected chi connectivity index (χ0v) is 16.1. The molecule has 0 spiro atoms. The van der Waals surface area contributed by atoms with Gasteiger partial charge in [0.1, 0.15) is 0 Å². The normalized spacial score (nSPS) is 15.9. The van der Waals surface area contributed by atoms with E-state index in [9.17, 15) is 9.59 Å². The van der Waals surface area contributed by atoms with Crippen LogP contribution in [0.25, 0.3) is 6.08 Å². The van der Waals surface area contributed by atoms with Gasteiger partial charge in [-0.25, -0.2) is 4.79 Å². The molecule has 2 rings (SSSR count). The Bertz CT molecular complexity index is 776. The molecule has 1 amide bonds. The molecule has 0 unspecified atom stereocenters. The number of carbonyl (C=O) groups is 2. The first kappa shape index (κ1) is 19.6. The number of carbonyl (C=O) groups excluding carboxylic acids is 2. The topological polar surface area (TPSA) is 65.1 Å². The summed E-state index contributed by atoms with van der Waals surface area (Å²) in [4.78, 5) is 26.7. The van der Waals surface area contributed by atoms with Crippen LogP contribution in [0, 0.1) is 0 Å². The number of esters is 1. The molecule has 6 heteroatoms. The molecule has 0 saturated heterocycles. The van der Waals surface area contributed by atoms with Crippen molar-refractivity contribution in [3.8, 4) is 11.5 Å². The van der Waals surface area contributed by atoms with Crippen LogP contribution in [0.1, 0.15) is 33.3 Å². The number of methoxy groups -OCH3 is 2. The maximum atomic E-state index is 12.9. The van der Waals surface area contributed by atoms with Crippen LogP contribution >= 0.6 is 0 Å². The van der Waals surface area contributed by atoms with Gasteiger partial charge in [0, 0.05) is 11.7 Å². The average molecular weight is 359 g/mol. The van der Waals surface area contributed by atoms with Gasteiger partial charge in [-0.1, -0.05) is 6.07 Å². The van der Waals surface area contributed by atoms with Gasteiger partial charge in [-0.3, -0.25) is 4.79 Å². The van der Waals surface area contributed by atoms with Gasteiger partial charge in [0.2, 0.25) is 0 Å². The molecular formula is C20H25NO5. The smallest absolute Gasteiger partial charge is 0.340 e. The van der Waals surface area contributed by atoms with Crippen LogP contribution in [0.15, 0.2) is 35.0 Å². The number of benzene rings is 1. The lowest BCUT2D eigenvalue weighted by Crippen LogP contribution is -2.31. The second-order valence-corrected chi connectivity index (χ2v) is 6.12. The zero-order valence-electron chi connectivity index (χ0n) is 16.1. The van der Waals surface area contributed by atoms with Crippen molar-refractivity contribution < 1.29 is 23.8 Å². The minimum absolute atomic E-state index is 0.0667. The summed E-state index contributed by atoms with van der Waals surface area (Å²) in [7, 11) is 2.86. The first-order chi connectivity index (χ1) is 12.3. The number of hydrogen-bond donors (Lipinski definition) is 0. The van der Waals surface area contributed by atoms with Gasteiger partial charge in [0.05, 0.1) is 32.0 Å². The van der Waals surface area contributed by atoms with Crippen molar-refractivity contribution in [2.45, 2.75) is 33.7 Å². The highest BCUT2D eigenvalue weighted by Gasteiger charge is 2.38. The predicted molar refractivity (Wildman–Crippen MR) is 98.8 cm³/mol. The summed E-state index contributed by atoms with van der Waals surface area (Å²) in [5.74, 6) is 0.445. The number of rotatable bonds is 6. The highest BCUT2D eigenvalue weighted by molar-refractivity contribution is 6.16. The second kappa shape index (κ2) is 8.08. The third kappa shape index (κ3) is 3.59. The first-order valence-corrected chi connectivity index (χ1v) is 8.51. The largest absolute Gasteiger partial charge is 0.493 e. The number of nitrogens with zero attached hydrogens (tertiary/aromatic N) is 1. The summed E-state index contributed by atoms with van der Waals surface area (Å²) in [6, 6.07) is 5.30. The zero-order chi connectivity index (χ0) is 19.4. The van der Waals surface area contributed by atoms with Gasteiger partial charge in [0.25, 0.3) is 5.91 Å². The fourth-order valence-corrected chi connectivity index (χ4v) is 3.04. The van der Waals surface area contributed by atoms with Crippen LogP contribution < -0.4 is 9.47 Å². The molecule has 0 bridgehead atoms. The van der Waals surface area contributed by atoms with E-state index < -0.39 is 5.97 Å². The Morgan fingerprint density at radius 1 is 1.23 bits per heavy atom. The standard InChI is InChI=1S/C20H25NO5/c1-7-26-16-9-8-14(11-17(16)24-5)10-15-18(20(23)25-6)13(4)21(12(2)3)19(15)22/h8-12H,7H2,1-6H3/b15-10-. The van der Waals surface area contributed by atoms with Gasteiger partial charge < -0.3 is 19.1 Å². The molecule has 0 aliphatic carbocycles. The molecule has 0 fully saturated rings. The maximum Gasteiger partial charge on any atom is 0.340 e. The van der Waals surface area contributed by atoms with E-state index in [1.807, 2.05) is 26.8 Å². The third-order valence-corrected chi connectivity index (χ3v) is 4.15. The Morgan fingerprint density at radius 2 is 1.92 bits per heavy atom. The first-order valence-electron chi connectivity index (χ1n) is 8.51. The van der Waals surface area contributed by atoms with Crippen molar-refractivity contribution in [3.05, 3.63) is 40.6 Å². The molecule has 6 nitrogen and oxygen atoms in total. The molecular weight excluding hydrogens is 334 g/mol. The summed E-state index contributed by atoms with van der Waals surface area (Å²) in [6.07, 6.45) is 1.68. The van der Waals surface area contributed by atoms with Gasteiger partial charge in [-0.15, -0.1) is 0 Å². The van der Waals surface area contributed by atoms with Crippen molar-refractivity contribution in [2.24, 2.45) is 0 Å². The molecule has 0 saturated carbocycles. The molecule has 26 heavy (non-hydrogen) atoms. The van der Waals surface area contributed by atoms with Crippen molar-refractivity contribution in [2.75, 3.05) is 20.8 Å². The van der Waals surface area contributed by atoms with Crippen molar-refractivity contribution in [1.29, 1.82) is 0 Å². The Morgan fingerprint density at radius 3 is 2.46 bits per heavy atom. The van der Waals surface area contributed by atoms with Crippen LogP contribution in [-0.4, -0.2) is 43.6 Å². The third-order valence-electron chi connectivity index (χ3n) is 4.15. The lowest BCUT2D eigenvalue weighted by atomic mass is 10.0. The number of hydrogen-bond acceptors (Lipinski definition) is 5. The van der Waals surface area contributed by atoms with E-state index in [1.165, 1.54) is 7.11 Å². The van der Waals surface area contributed by atoms with Crippen LogP contribution in [0.3, 0.4) is 0 Å². The minimum atomic E-state index is -0.525. The molecule has 1 aromatic rings. The highest BCUT2D eigenvalue weighted by Crippen LogP contribution is 2.34. The molecule has 1 aromatic carbocycles. The fourth-order valence-electron chi connectivity index (χ4n) is 3.04. The number of ether oxygens (including phenoxy) is 3. The Balaban J connectivity index is 2.54. The van der Waals surface area contributed by atoms with Crippen molar-refractivity contribution in [1.82, 2.24) is 4.90 Å². The van der Waals surface area contributed by atoms with E-state index in [0.29, 0.717) is 34.9 Å². The Hall–Kier alpha value is -2.76. The van der Waals surface area contributed by atoms with Gasteiger partial charge in [0.15, 0.2) is 11.5 Å². The van der Waals surface area contributed by atoms with Gasteiger partial charge >= 0.3 is 5.97 Å². The monoisotopic (exact) mass is 359 g/mol. The van der Waals surface area contributed by atoms with Crippen LogP contribution in [0.2, 0.25) is 0 Å². The summed E-state index contributed by atoms with van der Waals surface area (Å²) < 4.78 is 15.7. The Kier molecular flexibility index (Phi) is 6.08. The fraction of sp³-hybridized carbons (Fsp3) is 0.400. The second-order valence-electron chi connectivity index (χ2n) is 6.12. The van der Waals surface area contributed by atoms with Crippen molar-refractivity contribution in [3.63, 3.8) is 0 Å². The minimum Gasteiger partial charge on any atom is -0.493 e. The van der Waals surface area contributed by atoms with Gasteiger partial charge in [-0.2, -0.15) is 0 Å². The van der Waals surface area contributed by atoms with Crippen LogP contribution in [-0.2, 0) is 14.3 Å². The molecule has 0 N–H and O–H groups in total. The van der Waals surface area contributed by atoms with E-state index >= 15 is 0 Å². The van der Waals surface area contributed by atoms with E-state index in [2.05, 4.69) is 0 Å². The molecule has 140 valence electrons. The molecule has 0 radical (unpaired) electrons. The quantitative estimate of drug-likeness (QED) is 0.577. The Labute approximate surface area is 154 Å². The van der Waals surface area contributed by atoms with E-state index in [-0.39, 0.29) is 11.9 Å².